The van der Waals surface area contributed by atoms with Crippen LogP contribution in [0.3, 0.4) is 0 Å². The van der Waals surface area contributed by atoms with Gasteiger partial charge in [0, 0.05) is 12.6 Å². The third-order valence-electron chi connectivity index (χ3n) is 2.69. The second-order valence-electron chi connectivity index (χ2n) is 3.97. The molecule has 1 aliphatic heterocycles. The number of hydrogen-bond acceptors (Lipinski definition) is 2. The Morgan fingerprint density at radius 1 is 1.21 bits per heavy atom. The highest BCUT2D eigenvalue weighted by Crippen LogP contribution is 2.25. The minimum absolute atomic E-state index is 0.194. The molecule has 1 aromatic carbocycles. The first-order valence-corrected chi connectivity index (χ1v) is 5.21. The molecule has 0 spiro atoms. The summed E-state index contributed by atoms with van der Waals surface area (Å²) in [6, 6.07) is 10.8. The molecule has 14 heavy (non-hydrogen) atoms. The normalized spacial score (nSPS) is 32.9. The van der Waals surface area contributed by atoms with Crippen molar-refractivity contribution in [3.63, 3.8) is 0 Å². The number of rotatable bonds is 1. The molecule has 3 unspecified atom stereocenters. The minimum atomic E-state index is 0.194. The molecular formula is C12H17NO. The van der Waals surface area contributed by atoms with Gasteiger partial charge in [0.2, 0.25) is 0 Å². The van der Waals surface area contributed by atoms with Gasteiger partial charge >= 0.3 is 0 Å². The van der Waals surface area contributed by atoms with Crippen molar-refractivity contribution in [1.29, 1.82) is 0 Å². The maximum atomic E-state index is 5.92. The molecule has 1 aromatic rings. The van der Waals surface area contributed by atoms with Crippen LogP contribution in [0.25, 0.3) is 0 Å². The Labute approximate surface area is 85.3 Å². The Morgan fingerprint density at radius 3 is 2.64 bits per heavy atom. The van der Waals surface area contributed by atoms with Crippen LogP contribution in [0.1, 0.15) is 25.5 Å². The second kappa shape index (κ2) is 4.11. The Bertz CT molecular complexity index is 286. The van der Waals surface area contributed by atoms with Crippen molar-refractivity contribution in [2.24, 2.45) is 0 Å². The average Bonchev–Trinajstić information content (AvgIpc) is 2.23. The predicted molar refractivity (Wildman–Crippen MR) is 57.2 cm³/mol. The van der Waals surface area contributed by atoms with E-state index in [1.54, 1.807) is 0 Å². The molecule has 0 radical (unpaired) electrons. The third-order valence-corrected chi connectivity index (χ3v) is 2.69. The lowest BCUT2D eigenvalue weighted by molar-refractivity contribution is -0.0520. The largest absolute Gasteiger partial charge is 0.368 e. The van der Waals surface area contributed by atoms with Gasteiger partial charge in [-0.25, -0.2) is 0 Å². The van der Waals surface area contributed by atoms with Crippen molar-refractivity contribution in [2.45, 2.75) is 32.1 Å². The van der Waals surface area contributed by atoms with Crippen LogP contribution in [-0.2, 0) is 4.74 Å². The maximum Gasteiger partial charge on any atom is 0.0979 e. The molecule has 0 aromatic heterocycles. The monoisotopic (exact) mass is 191 g/mol. The van der Waals surface area contributed by atoms with Crippen molar-refractivity contribution < 1.29 is 4.74 Å². The number of morpholine rings is 1. The molecule has 1 heterocycles. The first-order valence-electron chi connectivity index (χ1n) is 5.21. The summed E-state index contributed by atoms with van der Waals surface area (Å²) in [6.45, 7) is 5.23. The summed E-state index contributed by atoms with van der Waals surface area (Å²) in [5.74, 6) is 0. The first-order chi connectivity index (χ1) is 6.77. The lowest BCUT2D eigenvalue weighted by atomic mass is 10.0. The fraction of sp³-hybridized carbons (Fsp3) is 0.500. The third kappa shape index (κ3) is 1.97. The molecular weight excluding hydrogens is 174 g/mol. The van der Waals surface area contributed by atoms with E-state index < -0.39 is 0 Å². The topological polar surface area (TPSA) is 21.3 Å². The molecule has 2 rings (SSSR count). The molecule has 0 aliphatic carbocycles. The van der Waals surface area contributed by atoms with E-state index in [1.165, 1.54) is 5.56 Å². The molecule has 0 saturated carbocycles. The average molecular weight is 191 g/mol. The molecule has 0 bridgehead atoms. The number of benzene rings is 1. The number of ether oxygens (including phenoxy) is 1. The summed E-state index contributed by atoms with van der Waals surface area (Å²) < 4.78 is 5.92. The van der Waals surface area contributed by atoms with Crippen LogP contribution >= 0.6 is 0 Å². The van der Waals surface area contributed by atoms with E-state index in [1.807, 2.05) is 6.07 Å². The Morgan fingerprint density at radius 2 is 1.93 bits per heavy atom. The van der Waals surface area contributed by atoms with Crippen molar-refractivity contribution in [3.05, 3.63) is 35.9 Å². The highest BCUT2D eigenvalue weighted by Gasteiger charge is 2.26. The molecule has 1 N–H and O–H groups in total. The molecule has 2 nitrogen and oxygen atoms in total. The van der Waals surface area contributed by atoms with Gasteiger partial charge in [-0.3, -0.25) is 0 Å². The quantitative estimate of drug-likeness (QED) is 0.734. The van der Waals surface area contributed by atoms with Gasteiger partial charge < -0.3 is 10.1 Å². The van der Waals surface area contributed by atoms with Gasteiger partial charge in [0.05, 0.1) is 12.2 Å². The van der Waals surface area contributed by atoms with Crippen LogP contribution in [0.4, 0.5) is 0 Å². The summed E-state index contributed by atoms with van der Waals surface area (Å²) >= 11 is 0. The summed E-state index contributed by atoms with van der Waals surface area (Å²) in [7, 11) is 0. The van der Waals surface area contributed by atoms with Crippen LogP contribution < -0.4 is 5.32 Å². The van der Waals surface area contributed by atoms with Gasteiger partial charge in [-0.1, -0.05) is 30.3 Å². The fourth-order valence-electron chi connectivity index (χ4n) is 1.89. The summed E-state index contributed by atoms with van der Waals surface area (Å²) in [6.07, 6.45) is 0.497. The Hall–Kier alpha value is -0.860. The van der Waals surface area contributed by atoms with E-state index in [4.69, 9.17) is 4.74 Å². The van der Waals surface area contributed by atoms with E-state index >= 15 is 0 Å². The zero-order chi connectivity index (χ0) is 9.97. The van der Waals surface area contributed by atoms with E-state index in [9.17, 15) is 0 Å². The lowest BCUT2D eigenvalue weighted by Gasteiger charge is -2.34. The maximum absolute atomic E-state index is 5.92. The Balaban J connectivity index is 2.16. The summed E-state index contributed by atoms with van der Waals surface area (Å²) in [5.41, 5.74) is 1.26. The lowest BCUT2D eigenvalue weighted by Crippen LogP contribution is -2.45. The summed E-state index contributed by atoms with van der Waals surface area (Å²) in [4.78, 5) is 0. The minimum Gasteiger partial charge on any atom is -0.368 e. The molecule has 1 fully saturated rings. The first kappa shape index (κ1) is 9.69. The van der Waals surface area contributed by atoms with E-state index in [0.717, 1.165) is 6.54 Å². The Kier molecular flexibility index (Phi) is 2.85. The van der Waals surface area contributed by atoms with E-state index in [0.29, 0.717) is 12.1 Å². The van der Waals surface area contributed by atoms with Crippen molar-refractivity contribution in [1.82, 2.24) is 5.32 Å². The van der Waals surface area contributed by atoms with Gasteiger partial charge in [-0.2, -0.15) is 0 Å². The number of nitrogens with one attached hydrogen (secondary N) is 1. The van der Waals surface area contributed by atoms with Crippen LogP contribution in [-0.4, -0.2) is 18.7 Å². The van der Waals surface area contributed by atoms with Crippen molar-refractivity contribution >= 4 is 0 Å². The molecule has 1 aliphatic rings. The van der Waals surface area contributed by atoms with E-state index in [-0.39, 0.29) is 6.10 Å². The SMILES string of the molecule is CC1CNC(C)C(c2ccccc2)O1. The standard InChI is InChI=1S/C12H17NO/c1-9-8-13-10(2)12(14-9)11-6-4-3-5-7-11/h3-7,9-10,12-13H,8H2,1-2H3. The van der Waals surface area contributed by atoms with Crippen LogP contribution in [0.5, 0.6) is 0 Å². The molecule has 0 amide bonds. The zero-order valence-electron chi connectivity index (χ0n) is 8.73. The van der Waals surface area contributed by atoms with Gasteiger partial charge in [0.25, 0.3) is 0 Å². The highest BCUT2D eigenvalue weighted by molar-refractivity contribution is 5.19. The smallest absolute Gasteiger partial charge is 0.0979 e. The number of hydrogen-bond donors (Lipinski definition) is 1. The fourth-order valence-corrected chi connectivity index (χ4v) is 1.89. The van der Waals surface area contributed by atoms with Crippen LogP contribution in [0.15, 0.2) is 30.3 Å². The van der Waals surface area contributed by atoms with Gasteiger partial charge in [0.1, 0.15) is 0 Å². The molecule has 2 heteroatoms. The molecule has 76 valence electrons. The van der Waals surface area contributed by atoms with E-state index in [2.05, 4.69) is 43.4 Å². The van der Waals surface area contributed by atoms with Crippen molar-refractivity contribution in [3.8, 4) is 0 Å². The van der Waals surface area contributed by atoms with Crippen molar-refractivity contribution in [2.75, 3.05) is 6.54 Å². The van der Waals surface area contributed by atoms with Gasteiger partial charge in [-0.15, -0.1) is 0 Å². The zero-order valence-corrected chi connectivity index (χ0v) is 8.73. The molecule has 1 saturated heterocycles. The van der Waals surface area contributed by atoms with Crippen LogP contribution in [0, 0.1) is 0 Å². The van der Waals surface area contributed by atoms with Crippen LogP contribution in [0.2, 0.25) is 0 Å². The molecule has 3 atom stereocenters. The summed E-state index contributed by atoms with van der Waals surface area (Å²) in [5, 5.41) is 3.46. The highest BCUT2D eigenvalue weighted by atomic mass is 16.5. The predicted octanol–water partition coefficient (Wildman–Crippen LogP) is 2.12. The second-order valence-corrected chi connectivity index (χ2v) is 3.97. The van der Waals surface area contributed by atoms with Gasteiger partial charge in [0.15, 0.2) is 0 Å². The van der Waals surface area contributed by atoms with Gasteiger partial charge in [-0.05, 0) is 19.4 Å².